The van der Waals surface area contributed by atoms with Crippen molar-refractivity contribution in [2.24, 2.45) is 0 Å². The minimum Gasteiger partial charge on any atom is -0.469 e. The minimum absolute atomic E-state index is 0.0201. The summed E-state index contributed by atoms with van der Waals surface area (Å²) >= 11 is 1.09. The first kappa shape index (κ1) is 15.0. The van der Waals surface area contributed by atoms with Gasteiger partial charge in [0.25, 0.3) is 5.91 Å². The zero-order valence-corrected chi connectivity index (χ0v) is 11.7. The van der Waals surface area contributed by atoms with Crippen LogP contribution in [0.1, 0.15) is 16.1 Å². The molecule has 8 heteroatoms. The highest BCUT2D eigenvalue weighted by Gasteiger charge is 2.15. The Bertz CT molecular complexity index is 688. The number of halogens is 2. The number of thiazole rings is 1. The zero-order chi connectivity index (χ0) is 15.4. The highest BCUT2D eigenvalue weighted by molar-refractivity contribution is 7.14. The lowest BCUT2D eigenvalue weighted by Crippen LogP contribution is -2.14. The second-order valence-electron chi connectivity index (χ2n) is 3.98. The van der Waals surface area contributed by atoms with E-state index in [0.29, 0.717) is 11.8 Å². The van der Waals surface area contributed by atoms with Gasteiger partial charge in [-0.1, -0.05) is 0 Å². The third-order valence-corrected chi connectivity index (χ3v) is 3.31. The molecule has 1 heterocycles. The summed E-state index contributed by atoms with van der Waals surface area (Å²) in [6, 6.07) is 2.66. The van der Waals surface area contributed by atoms with Crippen molar-refractivity contribution in [3.63, 3.8) is 0 Å². The number of rotatable bonds is 4. The molecule has 2 aromatic rings. The van der Waals surface area contributed by atoms with Crippen LogP contribution in [-0.4, -0.2) is 24.0 Å². The molecule has 0 aliphatic carbocycles. The minimum atomic E-state index is -0.959. The highest BCUT2D eigenvalue weighted by Crippen LogP contribution is 2.18. The fourth-order valence-electron chi connectivity index (χ4n) is 1.50. The Hall–Kier alpha value is -2.35. The van der Waals surface area contributed by atoms with Crippen LogP contribution in [0.5, 0.6) is 0 Å². The Labute approximate surface area is 122 Å². The largest absolute Gasteiger partial charge is 0.469 e. The Balaban J connectivity index is 2.07. The third-order valence-electron chi connectivity index (χ3n) is 2.50. The van der Waals surface area contributed by atoms with Crippen molar-refractivity contribution in [1.29, 1.82) is 0 Å². The number of methoxy groups -OCH3 is 1. The molecule has 21 heavy (non-hydrogen) atoms. The number of ether oxygens (including phenoxy) is 1. The number of anilines is 1. The van der Waals surface area contributed by atoms with Crippen molar-refractivity contribution in [2.45, 2.75) is 6.42 Å². The SMILES string of the molecule is COC(=O)Cc1csc(NC(=O)c2ccc(F)cc2F)n1. The molecule has 0 saturated carbocycles. The van der Waals surface area contributed by atoms with Crippen molar-refractivity contribution in [3.8, 4) is 0 Å². The van der Waals surface area contributed by atoms with Crippen molar-refractivity contribution in [3.05, 3.63) is 46.5 Å². The lowest BCUT2D eigenvalue weighted by atomic mass is 10.2. The highest BCUT2D eigenvalue weighted by atomic mass is 32.1. The molecule has 0 unspecified atom stereocenters. The molecular formula is C13H10F2N2O3S. The monoisotopic (exact) mass is 312 g/mol. The summed E-state index contributed by atoms with van der Waals surface area (Å²) in [6.45, 7) is 0. The molecular weight excluding hydrogens is 302 g/mol. The van der Waals surface area contributed by atoms with Crippen LogP contribution in [0.2, 0.25) is 0 Å². The predicted octanol–water partition coefficient (Wildman–Crippen LogP) is 2.39. The van der Waals surface area contributed by atoms with Crippen LogP contribution in [0.4, 0.5) is 13.9 Å². The third kappa shape index (κ3) is 3.82. The van der Waals surface area contributed by atoms with Gasteiger partial charge in [-0.25, -0.2) is 13.8 Å². The Morgan fingerprint density at radius 1 is 1.38 bits per heavy atom. The molecule has 1 amide bonds. The second-order valence-corrected chi connectivity index (χ2v) is 4.83. The van der Waals surface area contributed by atoms with E-state index in [9.17, 15) is 18.4 Å². The first-order chi connectivity index (χ1) is 9.99. The molecule has 110 valence electrons. The molecule has 1 aromatic heterocycles. The molecule has 1 N–H and O–H groups in total. The maximum atomic E-state index is 13.4. The van der Waals surface area contributed by atoms with E-state index in [1.165, 1.54) is 7.11 Å². The van der Waals surface area contributed by atoms with E-state index in [-0.39, 0.29) is 17.1 Å². The molecule has 5 nitrogen and oxygen atoms in total. The fourth-order valence-corrected chi connectivity index (χ4v) is 2.21. The number of nitrogens with one attached hydrogen (secondary N) is 1. The van der Waals surface area contributed by atoms with Crippen molar-refractivity contribution >= 4 is 28.3 Å². The van der Waals surface area contributed by atoms with Crippen LogP contribution < -0.4 is 5.32 Å². The summed E-state index contributed by atoms with van der Waals surface area (Å²) in [5.41, 5.74) is 0.142. The van der Waals surface area contributed by atoms with E-state index < -0.39 is 23.5 Å². The van der Waals surface area contributed by atoms with Crippen LogP contribution in [-0.2, 0) is 16.0 Å². The topological polar surface area (TPSA) is 68.3 Å². The van der Waals surface area contributed by atoms with Gasteiger partial charge in [0.05, 0.1) is 24.8 Å². The van der Waals surface area contributed by atoms with Crippen molar-refractivity contribution in [2.75, 3.05) is 12.4 Å². The van der Waals surface area contributed by atoms with Gasteiger partial charge in [-0.05, 0) is 12.1 Å². The first-order valence-corrected chi connectivity index (χ1v) is 6.65. The molecule has 0 bridgehead atoms. The number of aromatic nitrogens is 1. The van der Waals surface area contributed by atoms with Crippen LogP contribution in [0, 0.1) is 11.6 Å². The summed E-state index contributed by atoms with van der Waals surface area (Å²) in [4.78, 5) is 26.9. The lowest BCUT2D eigenvalue weighted by Gasteiger charge is -2.03. The summed E-state index contributed by atoms with van der Waals surface area (Å²) in [7, 11) is 1.26. The van der Waals surface area contributed by atoms with Crippen LogP contribution in [0.15, 0.2) is 23.6 Å². The predicted molar refractivity (Wildman–Crippen MR) is 72.1 cm³/mol. The summed E-state index contributed by atoms with van der Waals surface area (Å²) in [6.07, 6.45) is -0.0201. The average molecular weight is 312 g/mol. The number of hydrogen-bond donors (Lipinski definition) is 1. The number of hydrogen-bond acceptors (Lipinski definition) is 5. The number of nitrogens with zero attached hydrogens (tertiary/aromatic N) is 1. The van der Waals surface area contributed by atoms with Crippen LogP contribution in [0.3, 0.4) is 0 Å². The van der Waals surface area contributed by atoms with Gasteiger partial charge in [0.2, 0.25) is 0 Å². The van der Waals surface area contributed by atoms with Crippen molar-refractivity contribution < 1.29 is 23.1 Å². The number of esters is 1. The normalized spacial score (nSPS) is 10.2. The molecule has 0 aliphatic rings. The van der Waals surface area contributed by atoms with Crippen LogP contribution >= 0.6 is 11.3 Å². The second kappa shape index (κ2) is 6.40. The zero-order valence-electron chi connectivity index (χ0n) is 10.9. The van der Waals surface area contributed by atoms with Gasteiger partial charge in [-0.2, -0.15) is 0 Å². The molecule has 0 spiro atoms. The van der Waals surface area contributed by atoms with Gasteiger partial charge in [0.15, 0.2) is 5.13 Å². The number of carbonyl (C=O) groups excluding carboxylic acids is 2. The van der Waals surface area contributed by atoms with E-state index in [1.807, 2.05) is 0 Å². The molecule has 0 radical (unpaired) electrons. The average Bonchev–Trinajstić information content (AvgIpc) is 2.85. The number of benzene rings is 1. The van der Waals surface area contributed by atoms with Gasteiger partial charge in [-0.15, -0.1) is 11.3 Å². The summed E-state index contributed by atoms with van der Waals surface area (Å²) in [5, 5.41) is 4.17. The standard InChI is InChI=1S/C13H10F2N2O3S/c1-20-11(18)5-8-6-21-13(16-8)17-12(19)9-3-2-7(14)4-10(9)15/h2-4,6H,5H2,1H3,(H,16,17,19). The first-order valence-electron chi connectivity index (χ1n) is 5.77. The maximum absolute atomic E-state index is 13.4. The van der Waals surface area contributed by atoms with E-state index in [0.717, 1.165) is 23.5 Å². The maximum Gasteiger partial charge on any atom is 0.311 e. The molecule has 1 aromatic carbocycles. The molecule has 0 aliphatic heterocycles. The molecule has 2 rings (SSSR count). The van der Waals surface area contributed by atoms with E-state index in [1.54, 1.807) is 5.38 Å². The van der Waals surface area contributed by atoms with Gasteiger partial charge >= 0.3 is 5.97 Å². The number of carbonyl (C=O) groups is 2. The Kier molecular flexibility index (Phi) is 4.59. The summed E-state index contributed by atoms with van der Waals surface area (Å²) < 4.78 is 30.7. The van der Waals surface area contributed by atoms with E-state index in [4.69, 9.17) is 0 Å². The quantitative estimate of drug-likeness (QED) is 0.880. The molecule has 0 fully saturated rings. The Morgan fingerprint density at radius 2 is 2.14 bits per heavy atom. The molecule has 0 saturated heterocycles. The number of amides is 1. The van der Waals surface area contributed by atoms with E-state index in [2.05, 4.69) is 15.0 Å². The lowest BCUT2D eigenvalue weighted by molar-refractivity contribution is -0.139. The van der Waals surface area contributed by atoms with Gasteiger partial charge in [0.1, 0.15) is 11.6 Å². The van der Waals surface area contributed by atoms with Crippen LogP contribution in [0.25, 0.3) is 0 Å². The van der Waals surface area contributed by atoms with Crippen molar-refractivity contribution in [1.82, 2.24) is 4.98 Å². The van der Waals surface area contributed by atoms with Gasteiger partial charge in [-0.3, -0.25) is 14.9 Å². The van der Waals surface area contributed by atoms with E-state index >= 15 is 0 Å². The summed E-state index contributed by atoms with van der Waals surface area (Å²) in [5.74, 6) is -2.92. The van der Waals surface area contributed by atoms with Gasteiger partial charge < -0.3 is 4.74 Å². The molecule has 0 atom stereocenters. The van der Waals surface area contributed by atoms with Gasteiger partial charge in [0, 0.05) is 11.4 Å². The smallest absolute Gasteiger partial charge is 0.311 e. The Morgan fingerprint density at radius 3 is 2.81 bits per heavy atom. The fraction of sp³-hybridized carbons (Fsp3) is 0.154.